The largest absolute Gasteiger partial charge is 0.313 e. The van der Waals surface area contributed by atoms with E-state index in [4.69, 9.17) is 0 Å². The summed E-state index contributed by atoms with van der Waals surface area (Å²) in [5, 5.41) is 4.57. The normalized spacial score (nSPS) is 31.5. The lowest BCUT2D eigenvalue weighted by molar-refractivity contribution is 0.672. The fourth-order valence-corrected chi connectivity index (χ4v) is 3.66. The van der Waals surface area contributed by atoms with Crippen LogP contribution in [0.2, 0.25) is 0 Å². The Balaban J connectivity index is 1.60. The number of thioether (sulfide) groups is 1. The molecule has 2 rings (SSSR count). The molecule has 1 atom stereocenters. The van der Waals surface area contributed by atoms with Crippen LogP contribution in [0, 0.1) is 0 Å². The van der Waals surface area contributed by atoms with Crippen molar-refractivity contribution in [2.75, 3.05) is 12.3 Å². The Kier molecular flexibility index (Phi) is 3.35. The topological polar surface area (TPSA) is 12.0 Å². The zero-order valence-corrected chi connectivity index (χ0v) is 8.54. The molecule has 2 heteroatoms. The second-order valence-corrected chi connectivity index (χ2v) is 5.37. The number of hydrogen-bond acceptors (Lipinski definition) is 2. The van der Waals surface area contributed by atoms with E-state index in [1.165, 1.54) is 50.8 Å². The van der Waals surface area contributed by atoms with Gasteiger partial charge in [0, 0.05) is 17.0 Å². The van der Waals surface area contributed by atoms with Gasteiger partial charge in [-0.15, -0.1) is 0 Å². The zero-order chi connectivity index (χ0) is 8.23. The van der Waals surface area contributed by atoms with Crippen LogP contribution in [-0.2, 0) is 0 Å². The third-order valence-electron chi connectivity index (χ3n) is 3.00. The van der Waals surface area contributed by atoms with Gasteiger partial charge in [0.2, 0.25) is 0 Å². The van der Waals surface area contributed by atoms with Crippen molar-refractivity contribution in [3.8, 4) is 0 Å². The molecule has 2 fully saturated rings. The molecule has 0 bridgehead atoms. The second kappa shape index (κ2) is 4.52. The van der Waals surface area contributed by atoms with Crippen LogP contribution < -0.4 is 5.32 Å². The van der Waals surface area contributed by atoms with Gasteiger partial charge in [-0.3, -0.25) is 0 Å². The quantitative estimate of drug-likeness (QED) is 0.724. The summed E-state index contributed by atoms with van der Waals surface area (Å²) in [5.41, 5.74) is 0. The summed E-state index contributed by atoms with van der Waals surface area (Å²) >= 11 is 2.22. The van der Waals surface area contributed by atoms with Crippen LogP contribution in [0.3, 0.4) is 0 Å². The van der Waals surface area contributed by atoms with E-state index in [2.05, 4.69) is 17.1 Å². The maximum atomic E-state index is 3.56. The lowest BCUT2D eigenvalue weighted by atomic mass is 10.3. The average Bonchev–Trinajstić information content (AvgIpc) is 2.74. The Labute approximate surface area is 79.7 Å². The van der Waals surface area contributed by atoms with E-state index in [1.807, 2.05) is 0 Å². The fraction of sp³-hybridized carbons (Fsp3) is 1.00. The minimum atomic E-state index is 0.843. The highest BCUT2D eigenvalue weighted by Gasteiger charge is 2.19. The first-order chi connectivity index (χ1) is 5.95. The fourth-order valence-electron chi connectivity index (χ4n) is 2.21. The van der Waals surface area contributed by atoms with Gasteiger partial charge in [-0.2, -0.15) is 11.8 Å². The van der Waals surface area contributed by atoms with Crippen molar-refractivity contribution in [3.63, 3.8) is 0 Å². The minimum Gasteiger partial charge on any atom is -0.313 e. The molecule has 1 N–H and O–H groups in total. The SMILES string of the molecule is C1CNC(CSC2CCCC2)C1. The Morgan fingerprint density at radius 1 is 1.08 bits per heavy atom. The summed E-state index contributed by atoms with van der Waals surface area (Å²) in [7, 11) is 0. The Morgan fingerprint density at radius 3 is 2.58 bits per heavy atom. The molecule has 2 aliphatic rings. The lowest BCUT2D eigenvalue weighted by Crippen LogP contribution is -2.24. The van der Waals surface area contributed by atoms with Crippen molar-refractivity contribution < 1.29 is 0 Å². The van der Waals surface area contributed by atoms with Crippen LogP contribution in [0.4, 0.5) is 0 Å². The molecule has 1 saturated carbocycles. The highest BCUT2D eigenvalue weighted by atomic mass is 32.2. The summed E-state index contributed by atoms with van der Waals surface area (Å²) in [6.07, 6.45) is 8.75. The Bertz CT molecular complexity index is 110. The van der Waals surface area contributed by atoms with E-state index in [0.717, 1.165) is 11.3 Å². The van der Waals surface area contributed by atoms with Crippen molar-refractivity contribution in [1.29, 1.82) is 0 Å². The smallest absolute Gasteiger partial charge is 0.0158 e. The molecule has 0 aromatic carbocycles. The molecule has 1 aliphatic carbocycles. The van der Waals surface area contributed by atoms with Crippen molar-refractivity contribution in [2.24, 2.45) is 0 Å². The maximum Gasteiger partial charge on any atom is 0.0158 e. The van der Waals surface area contributed by atoms with Gasteiger partial charge in [0.15, 0.2) is 0 Å². The van der Waals surface area contributed by atoms with Gasteiger partial charge in [0.1, 0.15) is 0 Å². The third-order valence-corrected chi connectivity index (χ3v) is 4.54. The average molecular weight is 185 g/mol. The predicted octanol–water partition coefficient (Wildman–Crippen LogP) is 2.41. The van der Waals surface area contributed by atoms with E-state index in [0.29, 0.717) is 0 Å². The van der Waals surface area contributed by atoms with Crippen molar-refractivity contribution in [2.45, 2.75) is 49.8 Å². The maximum absolute atomic E-state index is 3.56. The number of hydrogen-bond donors (Lipinski definition) is 1. The predicted molar refractivity (Wildman–Crippen MR) is 55.7 cm³/mol. The van der Waals surface area contributed by atoms with Gasteiger partial charge >= 0.3 is 0 Å². The molecule has 0 aromatic rings. The van der Waals surface area contributed by atoms with Crippen LogP contribution in [0.5, 0.6) is 0 Å². The third kappa shape index (κ3) is 2.40. The van der Waals surface area contributed by atoms with E-state index in [-0.39, 0.29) is 0 Å². The molecule has 0 amide bonds. The van der Waals surface area contributed by atoms with Crippen LogP contribution in [0.25, 0.3) is 0 Å². The standard InChI is InChI=1S/C10H19NS/c1-2-6-10(5-1)12-8-9-4-3-7-11-9/h9-11H,1-8H2. The number of rotatable bonds is 3. The van der Waals surface area contributed by atoms with E-state index in [9.17, 15) is 0 Å². The van der Waals surface area contributed by atoms with Gasteiger partial charge in [0.25, 0.3) is 0 Å². The van der Waals surface area contributed by atoms with Gasteiger partial charge < -0.3 is 5.32 Å². The van der Waals surface area contributed by atoms with Crippen molar-refractivity contribution in [3.05, 3.63) is 0 Å². The minimum absolute atomic E-state index is 0.843. The lowest BCUT2D eigenvalue weighted by Gasteiger charge is -2.13. The van der Waals surface area contributed by atoms with Gasteiger partial charge in [0.05, 0.1) is 0 Å². The van der Waals surface area contributed by atoms with Gasteiger partial charge in [-0.1, -0.05) is 12.8 Å². The van der Waals surface area contributed by atoms with Crippen LogP contribution >= 0.6 is 11.8 Å². The van der Waals surface area contributed by atoms with Crippen molar-refractivity contribution >= 4 is 11.8 Å². The summed E-state index contributed by atoms with van der Waals surface area (Å²) in [6, 6.07) is 0.843. The van der Waals surface area contributed by atoms with Gasteiger partial charge in [-0.25, -0.2) is 0 Å². The van der Waals surface area contributed by atoms with E-state index >= 15 is 0 Å². The molecular formula is C10H19NS. The highest BCUT2D eigenvalue weighted by molar-refractivity contribution is 7.99. The van der Waals surface area contributed by atoms with Gasteiger partial charge in [-0.05, 0) is 32.2 Å². The number of nitrogens with one attached hydrogen (secondary N) is 1. The Morgan fingerprint density at radius 2 is 1.92 bits per heavy atom. The van der Waals surface area contributed by atoms with Crippen molar-refractivity contribution in [1.82, 2.24) is 5.32 Å². The molecule has 0 spiro atoms. The zero-order valence-electron chi connectivity index (χ0n) is 7.72. The van der Waals surface area contributed by atoms with E-state index < -0.39 is 0 Å². The molecule has 1 saturated heterocycles. The summed E-state index contributed by atoms with van der Waals surface area (Å²) < 4.78 is 0. The molecule has 1 nitrogen and oxygen atoms in total. The molecule has 1 aliphatic heterocycles. The molecule has 1 heterocycles. The highest BCUT2D eigenvalue weighted by Crippen LogP contribution is 2.30. The first-order valence-corrected chi connectivity index (χ1v) is 6.35. The molecule has 70 valence electrons. The van der Waals surface area contributed by atoms with Crippen LogP contribution in [0.15, 0.2) is 0 Å². The molecule has 0 aromatic heterocycles. The van der Waals surface area contributed by atoms with E-state index in [1.54, 1.807) is 0 Å². The van der Waals surface area contributed by atoms with Crippen LogP contribution in [0.1, 0.15) is 38.5 Å². The molecular weight excluding hydrogens is 166 g/mol. The monoisotopic (exact) mass is 185 g/mol. The molecule has 1 unspecified atom stereocenters. The first-order valence-electron chi connectivity index (χ1n) is 5.30. The Hall–Kier alpha value is 0.310. The first kappa shape index (κ1) is 8.89. The van der Waals surface area contributed by atoms with Crippen LogP contribution in [-0.4, -0.2) is 23.6 Å². The molecule has 0 radical (unpaired) electrons. The molecule has 12 heavy (non-hydrogen) atoms. The summed E-state index contributed by atoms with van der Waals surface area (Å²) in [4.78, 5) is 0. The summed E-state index contributed by atoms with van der Waals surface area (Å²) in [5.74, 6) is 1.37. The summed E-state index contributed by atoms with van der Waals surface area (Å²) in [6.45, 7) is 1.26. The second-order valence-electron chi connectivity index (χ2n) is 4.03.